The zero-order valence-electron chi connectivity index (χ0n) is 28.8. The number of nitrogens with one attached hydrogen (secondary N) is 1. The van der Waals surface area contributed by atoms with Gasteiger partial charge in [0, 0.05) is 43.3 Å². The Morgan fingerprint density at radius 3 is 2.49 bits per heavy atom. The molecule has 1 fully saturated rings. The first-order valence-corrected chi connectivity index (χ1v) is 16.7. The van der Waals surface area contributed by atoms with Crippen molar-refractivity contribution in [2.45, 2.75) is 71.0 Å². The number of nitrogens with zero attached hydrogens (tertiary/aromatic N) is 3. The third-order valence-corrected chi connectivity index (χ3v) is 9.20. The molecule has 0 aromatic heterocycles. The number of ether oxygens (including phenoxy) is 2. The van der Waals surface area contributed by atoms with Gasteiger partial charge >= 0.3 is 18.4 Å². The van der Waals surface area contributed by atoms with Crippen molar-refractivity contribution >= 4 is 29.7 Å². The molecule has 5 rings (SSSR count). The molecule has 2 aliphatic heterocycles. The smallest absolute Gasteiger partial charge is 0.416 e. The average Bonchev–Trinajstić information content (AvgIpc) is 3.09. The summed E-state index contributed by atoms with van der Waals surface area (Å²) < 4.78 is 52.7. The van der Waals surface area contributed by atoms with Crippen LogP contribution in [0.15, 0.2) is 66.7 Å². The van der Waals surface area contributed by atoms with Crippen molar-refractivity contribution in [3.63, 3.8) is 0 Å². The fourth-order valence-electron chi connectivity index (χ4n) is 6.58. The lowest BCUT2D eigenvalue weighted by Crippen LogP contribution is -2.54. The molecule has 1 unspecified atom stereocenters. The van der Waals surface area contributed by atoms with Gasteiger partial charge in [0.05, 0.1) is 17.3 Å². The summed E-state index contributed by atoms with van der Waals surface area (Å²) in [6, 6.07) is 15.8. The van der Waals surface area contributed by atoms with Crippen molar-refractivity contribution in [1.29, 1.82) is 0 Å². The summed E-state index contributed by atoms with van der Waals surface area (Å²) in [5.74, 6) is -0.925. The highest BCUT2D eigenvalue weighted by molar-refractivity contribution is 6.05. The molecule has 3 aromatic carbocycles. The fraction of sp³-hybridized carbons (Fsp3) is 0.405. The van der Waals surface area contributed by atoms with E-state index in [9.17, 15) is 37.5 Å². The minimum absolute atomic E-state index is 0.0158. The number of carboxylic acid groups (broad SMARTS) is 1. The summed E-state index contributed by atoms with van der Waals surface area (Å²) in [4.78, 5) is 57.1. The molecule has 272 valence electrons. The molecule has 51 heavy (non-hydrogen) atoms. The van der Waals surface area contributed by atoms with Crippen LogP contribution in [-0.2, 0) is 27.9 Å². The van der Waals surface area contributed by atoms with E-state index >= 15 is 0 Å². The van der Waals surface area contributed by atoms with Gasteiger partial charge in [0.1, 0.15) is 12.4 Å². The Bertz CT molecular complexity index is 1790. The minimum Gasteiger partial charge on any atom is -0.471 e. The molecule has 0 saturated carbocycles. The Morgan fingerprint density at radius 2 is 1.82 bits per heavy atom. The number of halogens is 3. The van der Waals surface area contributed by atoms with Gasteiger partial charge in [0.2, 0.25) is 5.60 Å². The highest BCUT2D eigenvalue weighted by Gasteiger charge is 2.47. The molecule has 4 amide bonds. The van der Waals surface area contributed by atoms with Crippen LogP contribution in [0.2, 0.25) is 0 Å². The maximum Gasteiger partial charge on any atom is 0.416 e. The van der Waals surface area contributed by atoms with Crippen LogP contribution < -0.4 is 15.0 Å². The summed E-state index contributed by atoms with van der Waals surface area (Å²) in [5.41, 5.74) is -1.18. The summed E-state index contributed by atoms with van der Waals surface area (Å²) in [7, 11) is 0. The monoisotopic (exact) mass is 710 g/mol. The summed E-state index contributed by atoms with van der Waals surface area (Å²) in [6.07, 6.45) is -5.28. The van der Waals surface area contributed by atoms with E-state index < -0.39 is 35.4 Å². The molecule has 2 atom stereocenters. The number of hydrogen-bond acceptors (Lipinski definition) is 6. The van der Waals surface area contributed by atoms with Crippen LogP contribution >= 0.6 is 0 Å². The van der Waals surface area contributed by atoms with Crippen LogP contribution in [0, 0.1) is 6.92 Å². The number of amides is 4. The number of hydrogen-bond donors (Lipinski definition) is 2. The average molecular weight is 711 g/mol. The highest BCUT2D eigenvalue weighted by atomic mass is 19.4. The first kappa shape index (κ1) is 37.0. The van der Waals surface area contributed by atoms with E-state index in [1.54, 1.807) is 42.2 Å². The van der Waals surface area contributed by atoms with Crippen LogP contribution in [0.4, 0.5) is 28.4 Å². The van der Waals surface area contributed by atoms with Gasteiger partial charge in [-0.1, -0.05) is 42.5 Å². The lowest BCUT2D eigenvalue weighted by molar-refractivity contribution is -0.139. The number of aryl methyl sites for hydroxylation is 1. The number of alkyl halides is 3. The predicted octanol–water partition coefficient (Wildman–Crippen LogP) is 6.57. The SMILES string of the molecule is Cc1cc2c(cc1C(=O)N(C(C)C)[C@@H]1CCCN(C(=O)O)C1)N(CCNC(=O)OCc1ccccc1)C(=O)C(C)(c1cccc(C(F)(F)F)c1)O2. The van der Waals surface area contributed by atoms with Crippen LogP contribution in [0.5, 0.6) is 5.75 Å². The Hall–Kier alpha value is -5.27. The van der Waals surface area contributed by atoms with Gasteiger partial charge in [-0.25, -0.2) is 9.59 Å². The topological polar surface area (TPSA) is 129 Å². The van der Waals surface area contributed by atoms with Crippen LogP contribution in [-0.4, -0.2) is 77.2 Å². The molecule has 2 heterocycles. The lowest BCUT2D eigenvalue weighted by atomic mass is 9.90. The van der Waals surface area contributed by atoms with Crippen LogP contribution in [0.1, 0.15) is 66.2 Å². The number of benzene rings is 3. The third-order valence-electron chi connectivity index (χ3n) is 9.20. The Balaban J connectivity index is 1.48. The van der Waals surface area contributed by atoms with E-state index in [-0.39, 0.29) is 66.8 Å². The van der Waals surface area contributed by atoms with Crippen LogP contribution in [0.3, 0.4) is 0 Å². The van der Waals surface area contributed by atoms with E-state index in [1.807, 2.05) is 19.9 Å². The third kappa shape index (κ3) is 8.05. The summed E-state index contributed by atoms with van der Waals surface area (Å²) >= 11 is 0. The van der Waals surface area contributed by atoms with E-state index in [0.29, 0.717) is 24.9 Å². The number of piperidine rings is 1. The number of carbonyl (C=O) groups is 4. The van der Waals surface area contributed by atoms with Gasteiger partial charge < -0.3 is 34.6 Å². The van der Waals surface area contributed by atoms with Gasteiger partial charge in [-0.3, -0.25) is 9.59 Å². The molecule has 2 N–H and O–H groups in total. The largest absolute Gasteiger partial charge is 0.471 e. The van der Waals surface area contributed by atoms with Crippen molar-refractivity contribution in [2.75, 3.05) is 31.1 Å². The second-order valence-electron chi connectivity index (χ2n) is 13.1. The van der Waals surface area contributed by atoms with Gasteiger partial charge in [-0.2, -0.15) is 13.2 Å². The molecule has 14 heteroatoms. The van der Waals surface area contributed by atoms with Crippen LogP contribution in [0.25, 0.3) is 0 Å². The van der Waals surface area contributed by atoms with Crippen molar-refractivity contribution < 1.29 is 46.9 Å². The molecule has 2 aliphatic rings. The number of alkyl carbamates (subject to hydrolysis) is 1. The summed E-state index contributed by atoms with van der Waals surface area (Å²) in [5, 5.41) is 12.2. The van der Waals surface area contributed by atoms with E-state index in [0.717, 1.165) is 17.7 Å². The number of likely N-dealkylation sites (tertiary alicyclic amines) is 1. The van der Waals surface area contributed by atoms with E-state index in [4.69, 9.17) is 9.47 Å². The molecule has 0 spiro atoms. The molecule has 1 saturated heterocycles. The molecule has 11 nitrogen and oxygen atoms in total. The zero-order chi connectivity index (χ0) is 37.1. The van der Waals surface area contributed by atoms with E-state index in [1.165, 1.54) is 34.9 Å². The second-order valence-corrected chi connectivity index (χ2v) is 13.1. The van der Waals surface area contributed by atoms with Crippen molar-refractivity contribution in [2.24, 2.45) is 0 Å². The maximum absolute atomic E-state index is 14.3. The summed E-state index contributed by atoms with van der Waals surface area (Å²) in [6.45, 7) is 7.06. The van der Waals surface area contributed by atoms with Gasteiger partial charge in [0.25, 0.3) is 11.8 Å². The molecular formula is C37H41F3N4O7. The quantitative estimate of drug-likeness (QED) is 0.257. The van der Waals surface area contributed by atoms with Crippen molar-refractivity contribution in [3.05, 3.63) is 94.5 Å². The standard InChI is InChI=1S/C37H41F3N4O7/c1-23(2)44(28-14-9-16-42(21-28)35(48)49)32(45)29-20-30-31(18-24(29)3)51-36(4,26-12-8-13-27(19-26)37(38,39)40)33(46)43(30)17-15-41-34(47)50-22-25-10-6-5-7-11-25/h5-8,10-13,18-20,23,28H,9,14-17,21-22H2,1-4H3,(H,41,47)(H,48,49)/t28-,36?/m1/s1. The Labute approximate surface area is 293 Å². The lowest BCUT2D eigenvalue weighted by Gasteiger charge is -2.42. The number of fused-ring (bicyclic) bond motifs is 1. The van der Waals surface area contributed by atoms with Crippen molar-refractivity contribution in [3.8, 4) is 5.75 Å². The molecule has 0 aliphatic carbocycles. The van der Waals surface area contributed by atoms with Gasteiger partial charge in [0.15, 0.2) is 0 Å². The fourth-order valence-corrected chi connectivity index (χ4v) is 6.58. The normalized spacial score (nSPS) is 18.9. The predicted molar refractivity (Wildman–Crippen MR) is 182 cm³/mol. The minimum atomic E-state index is -4.67. The Morgan fingerprint density at radius 1 is 1.10 bits per heavy atom. The maximum atomic E-state index is 14.3. The number of carbonyl (C=O) groups excluding carboxylic acids is 3. The zero-order valence-corrected chi connectivity index (χ0v) is 28.8. The second kappa shape index (κ2) is 14.9. The molecule has 0 bridgehead atoms. The number of rotatable bonds is 9. The first-order valence-electron chi connectivity index (χ1n) is 16.7. The highest BCUT2D eigenvalue weighted by Crippen LogP contribution is 2.45. The Kier molecular flexibility index (Phi) is 10.8. The molecule has 0 radical (unpaired) electrons. The van der Waals surface area contributed by atoms with Gasteiger partial charge in [-0.05, 0) is 75.9 Å². The molecular weight excluding hydrogens is 669 g/mol. The van der Waals surface area contributed by atoms with E-state index in [2.05, 4.69) is 5.32 Å². The van der Waals surface area contributed by atoms with Crippen molar-refractivity contribution in [1.82, 2.24) is 15.1 Å². The number of anilines is 1. The molecule has 3 aromatic rings. The first-order chi connectivity index (χ1) is 24.1. The van der Waals surface area contributed by atoms with Gasteiger partial charge in [-0.15, -0.1) is 0 Å².